The Hall–Kier alpha value is -1.64. The molecule has 0 saturated heterocycles. The third-order valence-electron chi connectivity index (χ3n) is 3.94. The molecule has 1 N–H and O–H groups in total. The van der Waals surface area contributed by atoms with Gasteiger partial charge in [-0.15, -0.1) is 0 Å². The van der Waals surface area contributed by atoms with E-state index in [4.69, 9.17) is 4.74 Å². The van der Waals surface area contributed by atoms with E-state index in [2.05, 4.69) is 31.2 Å². The van der Waals surface area contributed by atoms with Gasteiger partial charge in [0.05, 0.1) is 13.2 Å². The molecule has 0 amide bonds. The molecule has 0 aliphatic heterocycles. The highest BCUT2D eigenvalue weighted by Crippen LogP contribution is 2.28. The van der Waals surface area contributed by atoms with Crippen molar-refractivity contribution >= 4 is 0 Å². The molecule has 2 rings (SSSR count). The van der Waals surface area contributed by atoms with Gasteiger partial charge >= 0.3 is 0 Å². The first-order valence-corrected chi connectivity index (χ1v) is 8.04. The third kappa shape index (κ3) is 4.97. The van der Waals surface area contributed by atoms with Crippen LogP contribution in [0, 0.1) is 5.41 Å². The minimum absolute atomic E-state index is 0.125. The van der Waals surface area contributed by atoms with Crippen LogP contribution in [0.15, 0.2) is 60.7 Å². The first-order valence-electron chi connectivity index (χ1n) is 8.04. The second-order valence-electron chi connectivity index (χ2n) is 6.04. The van der Waals surface area contributed by atoms with Crippen molar-refractivity contribution in [2.75, 3.05) is 19.8 Å². The van der Waals surface area contributed by atoms with Gasteiger partial charge in [-0.2, -0.15) is 0 Å². The van der Waals surface area contributed by atoms with Crippen LogP contribution >= 0.6 is 0 Å². The topological polar surface area (TPSA) is 29.5 Å². The average molecular weight is 298 g/mol. The Morgan fingerprint density at radius 3 is 1.77 bits per heavy atom. The molecular formula is C20H26O2. The van der Waals surface area contributed by atoms with Gasteiger partial charge in [-0.05, 0) is 30.4 Å². The Morgan fingerprint density at radius 1 is 0.864 bits per heavy atom. The zero-order chi connectivity index (χ0) is 15.7. The van der Waals surface area contributed by atoms with Crippen LogP contribution in [0.4, 0.5) is 0 Å². The van der Waals surface area contributed by atoms with Crippen LogP contribution in [0.3, 0.4) is 0 Å². The summed E-state index contributed by atoms with van der Waals surface area (Å²) in [6.07, 6.45) is 2.64. The maximum Gasteiger partial charge on any atom is 0.0550 e. The Morgan fingerprint density at radius 2 is 1.36 bits per heavy atom. The first kappa shape index (κ1) is 16.7. The number of rotatable bonds is 9. The Labute approximate surface area is 133 Å². The van der Waals surface area contributed by atoms with Gasteiger partial charge in [0.15, 0.2) is 0 Å². The van der Waals surface area contributed by atoms with Crippen LogP contribution in [-0.4, -0.2) is 24.9 Å². The lowest BCUT2D eigenvalue weighted by Crippen LogP contribution is -2.36. The molecule has 0 aliphatic rings. The summed E-state index contributed by atoms with van der Waals surface area (Å²) in [5, 5.41) is 10.1. The Bertz CT molecular complexity index is 480. The van der Waals surface area contributed by atoms with Gasteiger partial charge in [-0.3, -0.25) is 0 Å². The van der Waals surface area contributed by atoms with Crippen molar-refractivity contribution < 1.29 is 9.84 Å². The van der Waals surface area contributed by atoms with E-state index in [-0.39, 0.29) is 12.0 Å². The van der Waals surface area contributed by atoms with E-state index in [1.807, 2.05) is 36.4 Å². The number of benzene rings is 2. The van der Waals surface area contributed by atoms with Crippen molar-refractivity contribution in [3.63, 3.8) is 0 Å². The number of hydrogen-bond acceptors (Lipinski definition) is 2. The summed E-state index contributed by atoms with van der Waals surface area (Å²) in [7, 11) is 0. The molecule has 22 heavy (non-hydrogen) atoms. The van der Waals surface area contributed by atoms with Crippen LogP contribution < -0.4 is 0 Å². The van der Waals surface area contributed by atoms with Crippen molar-refractivity contribution in [3.8, 4) is 0 Å². The summed E-state index contributed by atoms with van der Waals surface area (Å²) in [6, 6.07) is 20.7. The van der Waals surface area contributed by atoms with Crippen LogP contribution in [0.2, 0.25) is 0 Å². The molecule has 0 saturated carbocycles. The fraction of sp³-hybridized carbons (Fsp3) is 0.400. The lowest BCUT2D eigenvalue weighted by atomic mass is 9.78. The highest BCUT2D eigenvalue weighted by Gasteiger charge is 2.30. The van der Waals surface area contributed by atoms with E-state index in [1.165, 1.54) is 11.1 Å². The Kier molecular flexibility index (Phi) is 6.63. The zero-order valence-electron chi connectivity index (χ0n) is 13.4. The van der Waals surface area contributed by atoms with Crippen LogP contribution in [0.5, 0.6) is 0 Å². The molecular weight excluding hydrogens is 272 g/mol. The number of aliphatic hydroxyl groups is 1. The van der Waals surface area contributed by atoms with Crippen LogP contribution in [-0.2, 0) is 17.6 Å². The number of ether oxygens (including phenoxy) is 1. The Balaban J connectivity index is 2.17. The monoisotopic (exact) mass is 298 g/mol. The predicted molar refractivity (Wildman–Crippen MR) is 90.9 cm³/mol. The van der Waals surface area contributed by atoms with Gasteiger partial charge in [0.25, 0.3) is 0 Å². The first-order chi connectivity index (χ1) is 10.8. The van der Waals surface area contributed by atoms with Crippen LogP contribution in [0.25, 0.3) is 0 Å². The highest BCUT2D eigenvalue weighted by atomic mass is 16.5. The molecule has 0 atom stereocenters. The van der Waals surface area contributed by atoms with Gasteiger partial charge in [0.1, 0.15) is 0 Å². The van der Waals surface area contributed by atoms with Crippen molar-refractivity contribution in [1.29, 1.82) is 0 Å². The molecule has 118 valence electrons. The molecule has 0 radical (unpaired) electrons. The maximum absolute atomic E-state index is 10.1. The summed E-state index contributed by atoms with van der Waals surface area (Å²) in [4.78, 5) is 0. The molecule has 2 aromatic carbocycles. The van der Waals surface area contributed by atoms with E-state index >= 15 is 0 Å². The molecule has 0 aliphatic carbocycles. The molecule has 2 nitrogen and oxygen atoms in total. The smallest absolute Gasteiger partial charge is 0.0550 e. The minimum Gasteiger partial charge on any atom is -0.396 e. The summed E-state index contributed by atoms with van der Waals surface area (Å²) >= 11 is 0. The van der Waals surface area contributed by atoms with E-state index < -0.39 is 0 Å². The number of hydrogen-bond donors (Lipinski definition) is 1. The summed E-state index contributed by atoms with van der Waals surface area (Å²) in [5.74, 6) is 0. The van der Waals surface area contributed by atoms with Gasteiger partial charge in [0.2, 0.25) is 0 Å². The quantitative estimate of drug-likeness (QED) is 0.712. The fourth-order valence-corrected chi connectivity index (χ4v) is 2.81. The van der Waals surface area contributed by atoms with Crippen LogP contribution in [0.1, 0.15) is 24.5 Å². The van der Waals surface area contributed by atoms with Crippen molar-refractivity contribution in [3.05, 3.63) is 71.8 Å². The second-order valence-corrected chi connectivity index (χ2v) is 6.04. The predicted octanol–water partition coefficient (Wildman–Crippen LogP) is 3.88. The lowest BCUT2D eigenvalue weighted by molar-refractivity contribution is 0.00635. The van der Waals surface area contributed by atoms with Gasteiger partial charge in [-0.25, -0.2) is 0 Å². The van der Waals surface area contributed by atoms with Crippen molar-refractivity contribution in [2.24, 2.45) is 5.41 Å². The van der Waals surface area contributed by atoms with E-state index in [0.29, 0.717) is 6.61 Å². The van der Waals surface area contributed by atoms with Gasteiger partial charge < -0.3 is 9.84 Å². The summed E-state index contributed by atoms with van der Waals surface area (Å²) in [6.45, 7) is 3.56. The molecule has 0 heterocycles. The molecule has 2 aromatic rings. The van der Waals surface area contributed by atoms with E-state index in [0.717, 1.165) is 25.9 Å². The molecule has 0 aromatic heterocycles. The van der Waals surface area contributed by atoms with Crippen molar-refractivity contribution in [1.82, 2.24) is 0 Å². The van der Waals surface area contributed by atoms with E-state index in [1.54, 1.807) is 0 Å². The number of aliphatic hydroxyl groups excluding tert-OH is 1. The summed E-state index contributed by atoms with van der Waals surface area (Å²) < 4.78 is 5.82. The standard InChI is InChI=1S/C20H26O2/c1-2-13-22-17-20(16-21,14-18-9-5-3-6-10-18)15-19-11-7-4-8-12-19/h3-12,21H,2,13-17H2,1H3. The van der Waals surface area contributed by atoms with E-state index in [9.17, 15) is 5.11 Å². The SMILES string of the molecule is CCCOCC(CO)(Cc1ccccc1)Cc1ccccc1. The second kappa shape index (κ2) is 8.72. The highest BCUT2D eigenvalue weighted by molar-refractivity contribution is 5.21. The average Bonchev–Trinajstić information content (AvgIpc) is 2.57. The molecule has 0 unspecified atom stereocenters. The van der Waals surface area contributed by atoms with Gasteiger partial charge in [-0.1, -0.05) is 67.6 Å². The minimum atomic E-state index is -0.266. The molecule has 0 fully saturated rings. The normalized spacial score (nSPS) is 11.5. The van der Waals surface area contributed by atoms with Gasteiger partial charge in [0, 0.05) is 12.0 Å². The van der Waals surface area contributed by atoms with Crippen molar-refractivity contribution in [2.45, 2.75) is 26.2 Å². The fourth-order valence-electron chi connectivity index (χ4n) is 2.81. The largest absolute Gasteiger partial charge is 0.396 e. The zero-order valence-corrected chi connectivity index (χ0v) is 13.4. The summed E-state index contributed by atoms with van der Waals surface area (Å²) in [5.41, 5.74) is 2.22. The molecule has 0 bridgehead atoms. The third-order valence-corrected chi connectivity index (χ3v) is 3.94. The maximum atomic E-state index is 10.1. The molecule has 2 heteroatoms. The lowest BCUT2D eigenvalue weighted by Gasteiger charge is -2.32. The molecule has 0 spiro atoms.